The molecular formula is C19H21N5O4. The Balaban J connectivity index is 2.15. The third-order valence-electron chi connectivity index (χ3n) is 3.66. The summed E-state index contributed by atoms with van der Waals surface area (Å²) in [5, 5.41) is 16.8. The van der Waals surface area contributed by atoms with Crippen LogP contribution in [-0.4, -0.2) is 47.6 Å². The van der Waals surface area contributed by atoms with Crippen LogP contribution in [0.15, 0.2) is 70.7 Å². The van der Waals surface area contributed by atoms with Gasteiger partial charge >= 0.3 is 5.97 Å². The second-order valence-electron chi connectivity index (χ2n) is 5.62. The number of carboxylic acid groups (broad SMARTS) is 1. The smallest absolute Gasteiger partial charge is 0.356 e. The van der Waals surface area contributed by atoms with E-state index in [1.165, 1.54) is 23.6 Å². The lowest BCUT2D eigenvalue weighted by Gasteiger charge is -2.23. The third kappa shape index (κ3) is 5.56. The average Bonchev–Trinajstić information content (AvgIpc) is 2.69. The summed E-state index contributed by atoms with van der Waals surface area (Å²) >= 11 is 0. The number of nitrogens with two attached hydrogens (primary N) is 1. The third-order valence-corrected chi connectivity index (χ3v) is 3.66. The van der Waals surface area contributed by atoms with Crippen molar-refractivity contribution in [1.82, 2.24) is 10.3 Å². The van der Waals surface area contributed by atoms with Crippen molar-refractivity contribution >= 4 is 23.8 Å². The summed E-state index contributed by atoms with van der Waals surface area (Å²) in [5.74, 6) is -0.851. The number of allylic oxidation sites excluding steroid dienone is 1. The van der Waals surface area contributed by atoms with Crippen LogP contribution < -0.4 is 15.8 Å². The van der Waals surface area contributed by atoms with Crippen LogP contribution in [-0.2, 0) is 16.1 Å². The van der Waals surface area contributed by atoms with Gasteiger partial charge in [-0.15, -0.1) is 0 Å². The number of benzene rings is 1. The molecule has 0 spiro atoms. The number of carbonyl (C=O) groups excluding carboxylic acids is 1. The average molecular weight is 383 g/mol. The highest BCUT2D eigenvalue weighted by atomic mass is 16.5. The number of amides is 1. The van der Waals surface area contributed by atoms with E-state index < -0.39 is 5.97 Å². The summed E-state index contributed by atoms with van der Waals surface area (Å²) in [6, 6.07) is 7.46. The fourth-order valence-electron chi connectivity index (χ4n) is 2.27. The molecule has 0 aromatic heterocycles. The number of ether oxygens (including phenoxy) is 1. The highest BCUT2D eigenvalue weighted by Crippen LogP contribution is 2.13. The van der Waals surface area contributed by atoms with E-state index in [1.807, 2.05) is 24.3 Å². The highest BCUT2D eigenvalue weighted by Gasteiger charge is 2.19. The molecule has 1 amide bonds. The number of hydrogen-bond acceptors (Lipinski definition) is 7. The van der Waals surface area contributed by atoms with Gasteiger partial charge in [0.15, 0.2) is 5.71 Å². The van der Waals surface area contributed by atoms with E-state index >= 15 is 0 Å². The van der Waals surface area contributed by atoms with Crippen LogP contribution in [0, 0.1) is 0 Å². The van der Waals surface area contributed by atoms with E-state index in [9.17, 15) is 9.59 Å². The monoisotopic (exact) mass is 383 g/mol. The largest absolute Gasteiger partial charge is 0.497 e. The summed E-state index contributed by atoms with van der Waals surface area (Å²) < 4.78 is 5.11. The van der Waals surface area contributed by atoms with Crippen LogP contribution in [0.3, 0.4) is 0 Å². The molecule has 1 aromatic rings. The second kappa shape index (κ2) is 9.72. The zero-order chi connectivity index (χ0) is 20.5. The number of hydrazone groups is 1. The first-order valence-corrected chi connectivity index (χ1v) is 8.24. The van der Waals surface area contributed by atoms with Crippen molar-refractivity contribution in [2.75, 3.05) is 13.7 Å². The van der Waals surface area contributed by atoms with Gasteiger partial charge in [0.1, 0.15) is 12.3 Å². The molecule has 0 unspecified atom stereocenters. The molecule has 4 N–H and O–H groups in total. The van der Waals surface area contributed by atoms with Gasteiger partial charge in [0.2, 0.25) is 5.91 Å². The van der Waals surface area contributed by atoms with Crippen LogP contribution in [0.4, 0.5) is 0 Å². The molecule has 28 heavy (non-hydrogen) atoms. The number of nitrogens with one attached hydrogen (secondary N) is 1. The maximum Gasteiger partial charge on any atom is 0.356 e. The standard InChI is InChI=1S/C19H21N5O4/c1-3-16(19(26)27)23-24-11-17(22-18(25)12-24)14(8-20)10-21-9-13-4-6-15(28-2)7-5-13/h3-8,10-11H,1,9,12,20H2,2H3,(H,22,25)(H,26,27)/b14-8?,21-10?,23-16+. The summed E-state index contributed by atoms with van der Waals surface area (Å²) in [5.41, 5.74) is 7.16. The van der Waals surface area contributed by atoms with Gasteiger partial charge in [-0.1, -0.05) is 18.7 Å². The quantitative estimate of drug-likeness (QED) is 0.575. The predicted molar refractivity (Wildman–Crippen MR) is 106 cm³/mol. The minimum absolute atomic E-state index is 0.130. The molecule has 0 atom stereocenters. The second-order valence-corrected chi connectivity index (χ2v) is 5.62. The lowest BCUT2D eigenvalue weighted by Crippen LogP contribution is -2.39. The maximum absolute atomic E-state index is 11.9. The molecule has 1 heterocycles. The van der Waals surface area contributed by atoms with Crippen molar-refractivity contribution in [3.8, 4) is 5.75 Å². The lowest BCUT2D eigenvalue weighted by atomic mass is 10.2. The SMILES string of the molecule is C=C/C(=N\N1C=C(C(C=NCc2ccc(OC)cc2)=CN)NC(=O)C1)C(=O)O. The lowest BCUT2D eigenvalue weighted by molar-refractivity contribution is -0.129. The van der Waals surface area contributed by atoms with Crippen LogP contribution in [0.1, 0.15) is 5.56 Å². The first kappa shape index (κ1) is 20.4. The number of methoxy groups -OCH3 is 1. The van der Waals surface area contributed by atoms with Crippen LogP contribution in [0.2, 0.25) is 0 Å². The van der Waals surface area contributed by atoms with Gasteiger partial charge in [0.05, 0.1) is 19.4 Å². The summed E-state index contributed by atoms with van der Waals surface area (Å²) in [6.07, 6.45) is 5.39. The first-order valence-electron chi connectivity index (χ1n) is 8.24. The molecule has 0 saturated heterocycles. The summed E-state index contributed by atoms with van der Waals surface area (Å²) in [4.78, 5) is 27.3. The molecule has 1 aromatic carbocycles. The van der Waals surface area contributed by atoms with E-state index in [2.05, 4.69) is 22.0 Å². The van der Waals surface area contributed by atoms with Gasteiger partial charge in [0.25, 0.3) is 0 Å². The van der Waals surface area contributed by atoms with Crippen LogP contribution in [0.5, 0.6) is 5.75 Å². The van der Waals surface area contributed by atoms with Gasteiger partial charge in [0, 0.05) is 24.2 Å². The maximum atomic E-state index is 11.9. The Kier molecular flexibility index (Phi) is 7.09. The highest BCUT2D eigenvalue weighted by molar-refractivity contribution is 6.40. The van der Waals surface area contributed by atoms with Gasteiger partial charge in [-0.25, -0.2) is 4.79 Å². The predicted octanol–water partition coefficient (Wildman–Crippen LogP) is 1.01. The van der Waals surface area contributed by atoms with E-state index in [0.29, 0.717) is 17.8 Å². The van der Waals surface area contributed by atoms with Gasteiger partial charge < -0.3 is 20.9 Å². The van der Waals surface area contributed by atoms with Crippen molar-refractivity contribution in [3.63, 3.8) is 0 Å². The Morgan fingerprint density at radius 3 is 2.71 bits per heavy atom. The minimum Gasteiger partial charge on any atom is -0.497 e. The molecule has 1 aliphatic rings. The fraction of sp³-hybridized carbons (Fsp3) is 0.158. The Morgan fingerprint density at radius 2 is 2.14 bits per heavy atom. The Morgan fingerprint density at radius 1 is 1.43 bits per heavy atom. The summed E-state index contributed by atoms with van der Waals surface area (Å²) in [7, 11) is 1.60. The van der Waals surface area contributed by atoms with Crippen molar-refractivity contribution in [3.05, 3.63) is 66.2 Å². The number of carbonyl (C=O) groups is 2. The minimum atomic E-state index is -1.24. The number of carboxylic acids is 1. The molecule has 0 radical (unpaired) electrons. The molecule has 0 fully saturated rings. The number of aliphatic carboxylic acids is 1. The van der Waals surface area contributed by atoms with Gasteiger partial charge in [-0.3, -0.25) is 14.8 Å². The van der Waals surface area contributed by atoms with Gasteiger partial charge in [-0.2, -0.15) is 5.10 Å². The Bertz CT molecular complexity index is 869. The first-order chi connectivity index (χ1) is 13.5. The fourth-order valence-corrected chi connectivity index (χ4v) is 2.27. The molecule has 9 nitrogen and oxygen atoms in total. The molecule has 9 heteroatoms. The van der Waals surface area contributed by atoms with E-state index in [4.69, 9.17) is 15.6 Å². The molecule has 2 rings (SSSR count). The number of aliphatic imine (C=N–C) groups is 1. The van der Waals surface area contributed by atoms with Crippen molar-refractivity contribution in [2.24, 2.45) is 15.8 Å². The molecule has 146 valence electrons. The van der Waals surface area contributed by atoms with Crippen molar-refractivity contribution in [2.45, 2.75) is 6.54 Å². The normalized spacial score (nSPS) is 15.2. The van der Waals surface area contributed by atoms with E-state index in [-0.39, 0.29) is 18.2 Å². The molecule has 0 aliphatic carbocycles. The Hall–Kier alpha value is -3.88. The number of nitrogens with zero attached hydrogens (tertiary/aromatic N) is 3. The van der Waals surface area contributed by atoms with E-state index in [0.717, 1.165) is 17.4 Å². The number of hydrogen-bond donors (Lipinski definition) is 3. The molecular weight excluding hydrogens is 362 g/mol. The number of rotatable bonds is 8. The van der Waals surface area contributed by atoms with Crippen molar-refractivity contribution in [1.29, 1.82) is 0 Å². The zero-order valence-electron chi connectivity index (χ0n) is 15.3. The topological polar surface area (TPSA) is 130 Å². The van der Waals surface area contributed by atoms with Gasteiger partial charge in [-0.05, 0) is 23.8 Å². The Labute approximate surface area is 162 Å². The molecule has 0 bridgehead atoms. The molecule has 0 saturated carbocycles. The zero-order valence-corrected chi connectivity index (χ0v) is 15.3. The van der Waals surface area contributed by atoms with Crippen LogP contribution in [0.25, 0.3) is 0 Å². The summed E-state index contributed by atoms with van der Waals surface area (Å²) in [6.45, 7) is 3.67. The van der Waals surface area contributed by atoms with Crippen LogP contribution >= 0.6 is 0 Å². The molecule has 1 aliphatic heterocycles. The van der Waals surface area contributed by atoms with Crippen molar-refractivity contribution < 1.29 is 19.4 Å². The van der Waals surface area contributed by atoms with E-state index in [1.54, 1.807) is 7.11 Å².